The normalized spacial score (nSPS) is 14.0. The maximum atomic E-state index is 6.61. The highest BCUT2D eigenvalue weighted by atomic mass is 79.9. The summed E-state index contributed by atoms with van der Waals surface area (Å²) in [6.45, 7) is 2.14. The predicted molar refractivity (Wildman–Crippen MR) is 131 cm³/mol. The van der Waals surface area contributed by atoms with Crippen molar-refractivity contribution in [2.75, 3.05) is 0 Å². The van der Waals surface area contributed by atoms with E-state index in [0.717, 1.165) is 52.9 Å². The summed E-state index contributed by atoms with van der Waals surface area (Å²) in [6.07, 6.45) is 5.14. The highest BCUT2D eigenvalue weighted by molar-refractivity contribution is 9.10. The van der Waals surface area contributed by atoms with Crippen LogP contribution in [0.15, 0.2) is 51.4 Å². The van der Waals surface area contributed by atoms with Gasteiger partial charge in [0, 0.05) is 26.7 Å². The molecule has 0 aliphatic heterocycles. The SMILES string of the molecule is CCCc1c(-c2nnc(C3CCC3)o2)nc(-c2ccc(Cl)cc2Cl)n1-c1ccc(Br)cc1. The predicted octanol–water partition coefficient (Wildman–Crippen LogP) is 7.88. The molecule has 0 N–H and O–H groups in total. The maximum absolute atomic E-state index is 6.61. The van der Waals surface area contributed by atoms with Crippen LogP contribution in [0.5, 0.6) is 0 Å². The average Bonchev–Trinajstić information content (AvgIpc) is 3.33. The van der Waals surface area contributed by atoms with Gasteiger partial charge < -0.3 is 4.42 Å². The van der Waals surface area contributed by atoms with Crippen molar-refractivity contribution in [3.05, 3.63) is 68.6 Å². The first-order valence-electron chi connectivity index (χ1n) is 10.7. The molecule has 0 bridgehead atoms. The van der Waals surface area contributed by atoms with Crippen LogP contribution in [0.25, 0.3) is 28.7 Å². The second-order valence-electron chi connectivity index (χ2n) is 7.99. The van der Waals surface area contributed by atoms with Crippen LogP contribution in [-0.2, 0) is 6.42 Å². The molecule has 2 aromatic carbocycles. The molecule has 0 amide bonds. The Morgan fingerprint density at radius 1 is 1.09 bits per heavy atom. The first-order valence-corrected chi connectivity index (χ1v) is 12.3. The van der Waals surface area contributed by atoms with Crippen LogP contribution in [0, 0.1) is 0 Å². The van der Waals surface area contributed by atoms with Crippen molar-refractivity contribution >= 4 is 39.1 Å². The number of nitrogens with zero attached hydrogens (tertiary/aromatic N) is 4. The third-order valence-electron chi connectivity index (χ3n) is 5.81. The number of imidazole rings is 1. The zero-order valence-electron chi connectivity index (χ0n) is 17.5. The van der Waals surface area contributed by atoms with Gasteiger partial charge in [-0.2, -0.15) is 0 Å². The Morgan fingerprint density at radius 2 is 1.88 bits per heavy atom. The second-order valence-corrected chi connectivity index (χ2v) is 9.75. The lowest BCUT2D eigenvalue weighted by molar-refractivity contribution is 0.338. The van der Waals surface area contributed by atoms with Gasteiger partial charge in [-0.3, -0.25) is 4.57 Å². The van der Waals surface area contributed by atoms with E-state index in [1.54, 1.807) is 6.07 Å². The minimum Gasteiger partial charge on any atom is -0.419 e. The standard InChI is InChI=1S/C24H21BrCl2N4O/c1-2-4-20-21(24-30-29-23(32-24)14-5-3-6-14)28-22(18-12-9-16(26)13-19(18)27)31(20)17-10-7-15(25)8-11-17/h7-14H,2-6H2,1H3. The molecule has 1 aliphatic carbocycles. The van der Waals surface area contributed by atoms with Crippen molar-refractivity contribution in [3.63, 3.8) is 0 Å². The summed E-state index contributed by atoms with van der Waals surface area (Å²) in [5.74, 6) is 2.25. The fourth-order valence-electron chi connectivity index (χ4n) is 3.96. The Kier molecular flexibility index (Phi) is 6.10. The van der Waals surface area contributed by atoms with Crippen molar-refractivity contribution in [3.8, 4) is 28.7 Å². The first kappa shape index (κ1) is 21.7. The monoisotopic (exact) mass is 530 g/mol. The van der Waals surface area contributed by atoms with Crippen molar-refractivity contribution in [2.24, 2.45) is 0 Å². The lowest BCUT2D eigenvalue weighted by atomic mass is 9.85. The topological polar surface area (TPSA) is 56.7 Å². The van der Waals surface area contributed by atoms with Crippen molar-refractivity contribution in [1.82, 2.24) is 19.7 Å². The summed E-state index contributed by atoms with van der Waals surface area (Å²) in [4.78, 5) is 5.00. The molecule has 5 nitrogen and oxygen atoms in total. The Labute approximate surface area is 204 Å². The van der Waals surface area contributed by atoms with Crippen LogP contribution in [0.4, 0.5) is 0 Å². The van der Waals surface area contributed by atoms with Gasteiger partial charge in [-0.1, -0.05) is 58.9 Å². The molecule has 1 fully saturated rings. The van der Waals surface area contributed by atoms with E-state index in [1.165, 1.54) is 6.42 Å². The number of halogens is 3. The van der Waals surface area contributed by atoms with Gasteiger partial charge in [0.15, 0.2) is 0 Å². The molecule has 164 valence electrons. The molecule has 2 heterocycles. The van der Waals surface area contributed by atoms with Gasteiger partial charge in [0.05, 0.1) is 10.7 Å². The van der Waals surface area contributed by atoms with Crippen LogP contribution in [-0.4, -0.2) is 19.7 Å². The maximum Gasteiger partial charge on any atom is 0.268 e. The molecule has 0 atom stereocenters. The molecule has 0 saturated heterocycles. The molecule has 2 aromatic heterocycles. The van der Waals surface area contributed by atoms with E-state index >= 15 is 0 Å². The van der Waals surface area contributed by atoms with E-state index in [2.05, 4.69) is 49.8 Å². The van der Waals surface area contributed by atoms with E-state index in [4.69, 9.17) is 32.6 Å². The van der Waals surface area contributed by atoms with Crippen LogP contribution >= 0.6 is 39.1 Å². The molecule has 1 saturated carbocycles. The molecular formula is C24H21BrCl2N4O. The summed E-state index contributed by atoms with van der Waals surface area (Å²) in [6, 6.07) is 13.6. The number of aromatic nitrogens is 4. The molecular weight excluding hydrogens is 511 g/mol. The minimum atomic E-state index is 0.365. The highest BCUT2D eigenvalue weighted by Gasteiger charge is 2.29. The number of hydrogen-bond acceptors (Lipinski definition) is 4. The summed E-state index contributed by atoms with van der Waals surface area (Å²) in [7, 11) is 0. The van der Waals surface area contributed by atoms with Gasteiger partial charge >= 0.3 is 0 Å². The smallest absolute Gasteiger partial charge is 0.268 e. The minimum absolute atomic E-state index is 0.365. The fraction of sp³-hybridized carbons (Fsp3) is 0.292. The Morgan fingerprint density at radius 3 is 2.53 bits per heavy atom. The van der Waals surface area contributed by atoms with E-state index in [-0.39, 0.29) is 0 Å². The average molecular weight is 532 g/mol. The molecule has 0 spiro atoms. The summed E-state index contributed by atoms with van der Waals surface area (Å²) in [5, 5.41) is 9.81. The molecule has 1 aliphatic rings. The van der Waals surface area contributed by atoms with Gasteiger partial charge in [0.2, 0.25) is 5.89 Å². The molecule has 32 heavy (non-hydrogen) atoms. The van der Waals surface area contributed by atoms with E-state index in [0.29, 0.717) is 33.4 Å². The molecule has 0 radical (unpaired) electrons. The summed E-state index contributed by atoms with van der Waals surface area (Å²) < 4.78 is 9.25. The number of rotatable bonds is 6. The van der Waals surface area contributed by atoms with Crippen molar-refractivity contribution in [1.29, 1.82) is 0 Å². The van der Waals surface area contributed by atoms with Gasteiger partial charge in [0.1, 0.15) is 11.5 Å². The second kappa shape index (κ2) is 9.00. The lowest BCUT2D eigenvalue weighted by Crippen LogP contribution is -2.08. The van der Waals surface area contributed by atoms with Gasteiger partial charge in [-0.15, -0.1) is 10.2 Å². The molecule has 8 heteroatoms. The van der Waals surface area contributed by atoms with Gasteiger partial charge in [-0.05, 0) is 61.7 Å². The fourth-order valence-corrected chi connectivity index (χ4v) is 4.72. The molecule has 5 rings (SSSR count). The van der Waals surface area contributed by atoms with Crippen molar-refractivity contribution in [2.45, 2.75) is 44.9 Å². The Hall–Kier alpha value is -2.15. The number of benzene rings is 2. The molecule has 4 aromatic rings. The number of hydrogen-bond donors (Lipinski definition) is 0. The summed E-state index contributed by atoms with van der Waals surface area (Å²) >= 11 is 16.3. The zero-order valence-corrected chi connectivity index (χ0v) is 20.6. The Bertz CT molecular complexity index is 1260. The van der Waals surface area contributed by atoms with E-state index in [9.17, 15) is 0 Å². The van der Waals surface area contributed by atoms with Crippen LogP contribution in [0.1, 0.15) is 50.1 Å². The Balaban J connectivity index is 1.73. The lowest BCUT2D eigenvalue weighted by Gasteiger charge is -2.20. The van der Waals surface area contributed by atoms with Gasteiger partial charge in [0.25, 0.3) is 5.89 Å². The van der Waals surface area contributed by atoms with E-state index in [1.807, 2.05) is 24.3 Å². The quantitative estimate of drug-likeness (QED) is 0.254. The van der Waals surface area contributed by atoms with Crippen molar-refractivity contribution < 1.29 is 4.42 Å². The third-order valence-corrected chi connectivity index (χ3v) is 6.89. The van der Waals surface area contributed by atoms with Crippen LogP contribution in [0.2, 0.25) is 10.0 Å². The van der Waals surface area contributed by atoms with E-state index < -0.39 is 0 Å². The van der Waals surface area contributed by atoms with Crippen LogP contribution in [0.3, 0.4) is 0 Å². The highest BCUT2D eigenvalue weighted by Crippen LogP contribution is 2.39. The van der Waals surface area contributed by atoms with Gasteiger partial charge in [-0.25, -0.2) is 4.98 Å². The first-order chi connectivity index (χ1) is 15.5. The summed E-state index contributed by atoms with van der Waals surface area (Å²) in [5.41, 5.74) is 3.49. The van der Waals surface area contributed by atoms with Crippen LogP contribution < -0.4 is 0 Å². The molecule has 0 unspecified atom stereocenters. The third kappa shape index (κ3) is 4.00. The largest absolute Gasteiger partial charge is 0.419 e. The zero-order chi connectivity index (χ0) is 22.2.